The lowest BCUT2D eigenvalue weighted by molar-refractivity contribution is 0.433. The Hall–Kier alpha value is -1.75. The zero-order chi connectivity index (χ0) is 10.1. The molecule has 5 nitrogen and oxygen atoms in total. The highest BCUT2D eigenvalue weighted by Crippen LogP contribution is 2.27. The first-order chi connectivity index (χ1) is 6.66. The third kappa shape index (κ3) is 1.49. The SMILES string of the molecule is Nc1noc(-c2ccc(Cl)cc2N)n1. The van der Waals surface area contributed by atoms with Crippen molar-refractivity contribution in [2.75, 3.05) is 11.5 Å². The maximum atomic E-state index is 5.74. The molecule has 0 bridgehead atoms. The predicted octanol–water partition coefficient (Wildman–Crippen LogP) is 1.55. The smallest absolute Gasteiger partial charge is 0.261 e. The van der Waals surface area contributed by atoms with Crippen LogP contribution in [0, 0.1) is 0 Å². The fourth-order valence-corrected chi connectivity index (χ4v) is 1.25. The van der Waals surface area contributed by atoms with E-state index in [1.54, 1.807) is 18.2 Å². The van der Waals surface area contributed by atoms with Gasteiger partial charge in [0.05, 0.1) is 5.56 Å². The van der Waals surface area contributed by atoms with E-state index in [1.165, 1.54) is 0 Å². The normalized spacial score (nSPS) is 10.4. The molecule has 4 N–H and O–H groups in total. The van der Waals surface area contributed by atoms with Gasteiger partial charge in [0.25, 0.3) is 11.8 Å². The number of nitrogen functional groups attached to an aromatic ring is 2. The monoisotopic (exact) mass is 210 g/mol. The quantitative estimate of drug-likeness (QED) is 0.697. The molecule has 1 aromatic heterocycles. The highest BCUT2D eigenvalue weighted by molar-refractivity contribution is 6.31. The second kappa shape index (κ2) is 3.19. The van der Waals surface area contributed by atoms with Crippen LogP contribution in [0.2, 0.25) is 5.02 Å². The van der Waals surface area contributed by atoms with Gasteiger partial charge in [-0.05, 0) is 23.4 Å². The number of hydrogen-bond acceptors (Lipinski definition) is 5. The Kier molecular flexibility index (Phi) is 2.01. The van der Waals surface area contributed by atoms with Gasteiger partial charge in [0, 0.05) is 10.7 Å². The number of aromatic nitrogens is 2. The van der Waals surface area contributed by atoms with E-state index in [9.17, 15) is 0 Å². The average molecular weight is 211 g/mol. The maximum Gasteiger partial charge on any atom is 0.261 e. The number of halogens is 1. The molecule has 0 saturated carbocycles. The van der Waals surface area contributed by atoms with E-state index in [4.69, 9.17) is 27.6 Å². The molecule has 72 valence electrons. The largest absolute Gasteiger partial charge is 0.398 e. The van der Waals surface area contributed by atoms with Crippen molar-refractivity contribution in [1.29, 1.82) is 0 Å². The van der Waals surface area contributed by atoms with Crippen molar-refractivity contribution >= 4 is 23.2 Å². The minimum Gasteiger partial charge on any atom is -0.398 e. The molecule has 0 fully saturated rings. The molecule has 0 unspecified atom stereocenters. The van der Waals surface area contributed by atoms with Crippen LogP contribution in [0.1, 0.15) is 0 Å². The summed E-state index contributed by atoms with van der Waals surface area (Å²) in [6.45, 7) is 0. The molecule has 14 heavy (non-hydrogen) atoms. The van der Waals surface area contributed by atoms with Crippen molar-refractivity contribution in [2.24, 2.45) is 0 Å². The summed E-state index contributed by atoms with van der Waals surface area (Å²) in [5.74, 6) is 0.367. The Labute approximate surface area is 84.7 Å². The Morgan fingerprint density at radius 3 is 2.64 bits per heavy atom. The van der Waals surface area contributed by atoms with E-state index >= 15 is 0 Å². The molecule has 0 aliphatic carbocycles. The van der Waals surface area contributed by atoms with Gasteiger partial charge in [-0.2, -0.15) is 4.98 Å². The summed E-state index contributed by atoms with van der Waals surface area (Å²) in [5, 5.41) is 4.01. The number of rotatable bonds is 1. The van der Waals surface area contributed by atoms with Crippen LogP contribution in [0.3, 0.4) is 0 Å². The molecule has 0 radical (unpaired) electrons. The van der Waals surface area contributed by atoms with Crippen LogP contribution < -0.4 is 11.5 Å². The first-order valence-corrected chi connectivity index (χ1v) is 4.19. The minimum atomic E-state index is 0.0781. The molecule has 0 aliphatic heterocycles. The van der Waals surface area contributed by atoms with Gasteiger partial charge >= 0.3 is 0 Å². The van der Waals surface area contributed by atoms with E-state index in [-0.39, 0.29) is 11.8 Å². The molecule has 2 rings (SSSR count). The molecule has 1 aromatic carbocycles. The molecular weight excluding hydrogens is 204 g/mol. The first kappa shape index (κ1) is 8.83. The fourth-order valence-electron chi connectivity index (χ4n) is 1.07. The van der Waals surface area contributed by atoms with Crippen LogP contribution in [0.25, 0.3) is 11.5 Å². The summed E-state index contributed by atoms with van der Waals surface area (Å²) in [7, 11) is 0. The summed E-state index contributed by atoms with van der Waals surface area (Å²) >= 11 is 5.74. The summed E-state index contributed by atoms with van der Waals surface area (Å²) in [4.78, 5) is 3.85. The van der Waals surface area contributed by atoms with Crippen molar-refractivity contribution in [1.82, 2.24) is 10.1 Å². The molecule has 0 spiro atoms. The zero-order valence-electron chi connectivity index (χ0n) is 7.07. The van der Waals surface area contributed by atoms with Gasteiger partial charge in [-0.15, -0.1) is 0 Å². The van der Waals surface area contributed by atoms with Crippen molar-refractivity contribution in [3.05, 3.63) is 23.2 Å². The molecule has 2 aromatic rings. The summed E-state index contributed by atoms with van der Waals surface area (Å²) in [6.07, 6.45) is 0. The number of benzene rings is 1. The second-order valence-electron chi connectivity index (χ2n) is 2.69. The zero-order valence-corrected chi connectivity index (χ0v) is 7.82. The summed E-state index contributed by atoms with van der Waals surface area (Å²) in [5.41, 5.74) is 12.1. The van der Waals surface area contributed by atoms with Crippen molar-refractivity contribution in [3.8, 4) is 11.5 Å². The lowest BCUT2D eigenvalue weighted by Crippen LogP contribution is -1.90. The molecule has 0 aliphatic rings. The van der Waals surface area contributed by atoms with Gasteiger partial charge in [0.2, 0.25) is 0 Å². The van der Waals surface area contributed by atoms with E-state index in [0.717, 1.165) is 0 Å². The lowest BCUT2D eigenvalue weighted by atomic mass is 10.2. The third-order valence-corrected chi connectivity index (χ3v) is 1.92. The van der Waals surface area contributed by atoms with Gasteiger partial charge in [-0.1, -0.05) is 11.6 Å². The van der Waals surface area contributed by atoms with E-state index in [0.29, 0.717) is 16.3 Å². The van der Waals surface area contributed by atoms with Crippen molar-refractivity contribution < 1.29 is 4.52 Å². The fraction of sp³-hybridized carbons (Fsp3) is 0. The second-order valence-corrected chi connectivity index (χ2v) is 3.13. The summed E-state index contributed by atoms with van der Waals surface area (Å²) in [6, 6.07) is 5.00. The predicted molar refractivity (Wildman–Crippen MR) is 53.6 cm³/mol. The Morgan fingerprint density at radius 1 is 1.29 bits per heavy atom. The van der Waals surface area contributed by atoms with E-state index < -0.39 is 0 Å². The number of nitrogens with two attached hydrogens (primary N) is 2. The highest BCUT2D eigenvalue weighted by atomic mass is 35.5. The first-order valence-electron chi connectivity index (χ1n) is 3.81. The van der Waals surface area contributed by atoms with Gasteiger partial charge in [-0.25, -0.2) is 0 Å². The molecule has 6 heteroatoms. The van der Waals surface area contributed by atoms with E-state index in [2.05, 4.69) is 10.1 Å². The van der Waals surface area contributed by atoms with Gasteiger partial charge in [0.15, 0.2) is 0 Å². The van der Waals surface area contributed by atoms with Crippen LogP contribution in [-0.2, 0) is 0 Å². The Bertz CT molecular complexity index is 468. The number of nitrogens with zero attached hydrogens (tertiary/aromatic N) is 2. The average Bonchev–Trinajstić information content (AvgIpc) is 2.51. The van der Waals surface area contributed by atoms with Crippen LogP contribution in [0.4, 0.5) is 11.6 Å². The standard InChI is InChI=1S/C8H7ClN4O/c9-4-1-2-5(6(10)3-4)7-12-8(11)13-14-7/h1-3H,10H2,(H2,11,13). The van der Waals surface area contributed by atoms with E-state index in [1.807, 2.05) is 0 Å². The number of hydrogen-bond donors (Lipinski definition) is 2. The molecular formula is C8H7ClN4O. The maximum absolute atomic E-state index is 5.74. The van der Waals surface area contributed by atoms with Gasteiger partial charge in [0.1, 0.15) is 0 Å². The van der Waals surface area contributed by atoms with Crippen LogP contribution in [0.15, 0.2) is 22.7 Å². The van der Waals surface area contributed by atoms with Crippen molar-refractivity contribution in [2.45, 2.75) is 0 Å². The number of anilines is 2. The van der Waals surface area contributed by atoms with Crippen LogP contribution >= 0.6 is 11.6 Å². The van der Waals surface area contributed by atoms with Gasteiger partial charge in [-0.3, -0.25) is 0 Å². The van der Waals surface area contributed by atoms with Crippen molar-refractivity contribution in [3.63, 3.8) is 0 Å². The molecule has 0 amide bonds. The summed E-state index contributed by atoms with van der Waals surface area (Å²) < 4.78 is 4.86. The Balaban J connectivity index is 2.52. The molecule has 0 atom stereocenters. The lowest BCUT2D eigenvalue weighted by Gasteiger charge is -1.99. The van der Waals surface area contributed by atoms with Crippen LogP contribution in [0.5, 0.6) is 0 Å². The third-order valence-electron chi connectivity index (χ3n) is 1.69. The minimum absolute atomic E-state index is 0.0781. The molecule has 0 saturated heterocycles. The Morgan fingerprint density at radius 2 is 2.07 bits per heavy atom. The van der Waals surface area contributed by atoms with Crippen LogP contribution in [-0.4, -0.2) is 10.1 Å². The van der Waals surface area contributed by atoms with Gasteiger partial charge < -0.3 is 16.0 Å². The topological polar surface area (TPSA) is 91.0 Å². The molecule has 1 heterocycles. The highest BCUT2D eigenvalue weighted by Gasteiger charge is 2.09.